The summed E-state index contributed by atoms with van der Waals surface area (Å²) in [6.45, 7) is 4.85. The van der Waals surface area contributed by atoms with Crippen LogP contribution in [-0.2, 0) is 0 Å². The molecule has 3 heterocycles. The van der Waals surface area contributed by atoms with Gasteiger partial charge in [0.1, 0.15) is 6.04 Å². The molecule has 4 nitrogen and oxygen atoms in total. The highest BCUT2D eigenvalue weighted by Crippen LogP contribution is 2.40. The predicted molar refractivity (Wildman–Crippen MR) is 287 cm³/mol. The second-order valence-electron chi connectivity index (χ2n) is 17.6. The molecule has 0 aliphatic carbocycles. The lowest BCUT2D eigenvalue weighted by atomic mass is 9.86. The Morgan fingerprint density at radius 1 is 0.304 bits per heavy atom. The summed E-state index contributed by atoms with van der Waals surface area (Å²) in [5, 5.41) is 4.59. The van der Waals surface area contributed by atoms with Gasteiger partial charge in [-0.3, -0.25) is 15.0 Å². The average molecular weight is 881 g/mol. The summed E-state index contributed by atoms with van der Waals surface area (Å²) >= 11 is 0. The van der Waals surface area contributed by atoms with Crippen LogP contribution in [-0.4, -0.2) is 21.5 Å². The van der Waals surface area contributed by atoms with Crippen molar-refractivity contribution in [3.8, 4) is 66.8 Å². The van der Waals surface area contributed by atoms with E-state index >= 15 is 0 Å². The topological polar surface area (TPSA) is 50.5 Å². The van der Waals surface area contributed by atoms with Crippen molar-refractivity contribution in [2.45, 2.75) is 6.04 Å². The first-order valence-electron chi connectivity index (χ1n) is 23.3. The normalized spacial score (nSPS) is 13.6. The van der Waals surface area contributed by atoms with E-state index in [1.165, 1.54) is 10.8 Å². The van der Waals surface area contributed by atoms with Crippen molar-refractivity contribution in [3.05, 3.63) is 278 Å². The summed E-state index contributed by atoms with van der Waals surface area (Å²) < 4.78 is 0. The zero-order valence-corrected chi connectivity index (χ0v) is 37.7. The zero-order chi connectivity index (χ0) is 46.1. The van der Waals surface area contributed by atoms with Crippen molar-refractivity contribution in [2.24, 2.45) is 9.98 Å². The first-order chi connectivity index (χ1) is 34.1. The van der Waals surface area contributed by atoms with Gasteiger partial charge in [0.25, 0.3) is 0 Å². The van der Waals surface area contributed by atoms with Crippen LogP contribution in [0.1, 0.15) is 22.7 Å². The maximum Gasteiger partial charge on any atom is 0.156 e. The lowest BCUT2D eigenvalue weighted by Gasteiger charge is -2.25. The summed E-state index contributed by atoms with van der Waals surface area (Å²) in [5.74, 6) is 0.672. The summed E-state index contributed by atoms with van der Waals surface area (Å²) in [6.07, 6.45) is 7.53. The number of amidine groups is 1. The maximum atomic E-state index is 5.45. The van der Waals surface area contributed by atoms with Crippen molar-refractivity contribution in [2.75, 3.05) is 0 Å². The van der Waals surface area contributed by atoms with Crippen molar-refractivity contribution >= 4 is 33.1 Å². The summed E-state index contributed by atoms with van der Waals surface area (Å²) in [4.78, 5) is 19.6. The smallest absolute Gasteiger partial charge is 0.156 e. The molecule has 4 heteroatoms. The molecule has 1 unspecified atom stereocenters. The van der Waals surface area contributed by atoms with Gasteiger partial charge in [-0.25, -0.2) is 4.99 Å². The Labute approximate surface area is 402 Å². The minimum atomic E-state index is -0.404. The van der Waals surface area contributed by atoms with E-state index in [9.17, 15) is 0 Å². The van der Waals surface area contributed by atoms with Crippen LogP contribution in [0.5, 0.6) is 0 Å². The Balaban J connectivity index is 0.993. The van der Waals surface area contributed by atoms with Crippen LogP contribution in [0.3, 0.4) is 0 Å². The van der Waals surface area contributed by atoms with Crippen LogP contribution in [0.4, 0.5) is 0 Å². The molecule has 324 valence electrons. The Hall–Kier alpha value is -9.12. The molecule has 0 saturated heterocycles. The lowest BCUT2D eigenvalue weighted by molar-refractivity contribution is 0.875. The molecule has 1 aliphatic heterocycles. The predicted octanol–water partition coefficient (Wildman–Crippen LogP) is 16.3. The van der Waals surface area contributed by atoms with Gasteiger partial charge in [0.15, 0.2) is 5.84 Å². The number of fused-ring (bicyclic) bond motifs is 2. The summed E-state index contributed by atoms with van der Waals surface area (Å²) in [5.41, 5.74) is 18.1. The van der Waals surface area contributed by atoms with E-state index in [1.54, 1.807) is 0 Å². The Morgan fingerprint density at radius 3 is 1.14 bits per heavy atom. The van der Waals surface area contributed by atoms with Gasteiger partial charge in [0.05, 0.1) is 5.71 Å². The van der Waals surface area contributed by atoms with Gasteiger partial charge in [-0.1, -0.05) is 170 Å². The molecule has 0 radical (unpaired) electrons. The van der Waals surface area contributed by atoms with E-state index in [0.717, 1.165) is 106 Å². The second kappa shape index (κ2) is 17.9. The van der Waals surface area contributed by atoms with Crippen LogP contribution < -0.4 is 0 Å². The Kier molecular flexibility index (Phi) is 10.7. The molecule has 0 saturated carbocycles. The molecule has 0 fully saturated rings. The first-order valence-corrected chi connectivity index (χ1v) is 23.3. The maximum absolute atomic E-state index is 5.45. The van der Waals surface area contributed by atoms with Crippen LogP contribution in [0, 0.1) is 0 Å². The molecule has 0 amide bonds. The number of pyridine rings is 2. The monoisotopic (exact) mass is 880 g/mol. The van der Waals surface area contributed by atoms with Crippen LogP contribution in [0.15, 0.2) is 271 Å². The average Bonchev–Trinajstić information content (AvgIpc) is 3.43. The standard InChI is InChI=1S/C65H44N4/c1-43-63(59-37-55(44-11-5-2-6-12-44)35-56(38-59)45-13-7-3-8-14-45)68-65(52-15-9-4-10-16-52)69-64(43)60-39-57(48-21-17-46(18-22-48)53-27-25-50-29-31-66-41-61(50)33-53)36-58(40-60)49-23-19-47(20-24-49)54-28-26-51-30-32-67-42-62(51)34-54/h2-42,63H,1H2. The van der Waals surface area contributed by atoms with Gasteiger partial charge >= 0.3 is 0 Å². The Bertz CT molecular complexity index is 3560. The van der Waals surface area contributed by atoms with E-state index in [4.69, 9.17) is 16.6 Å². The fourth-order valence-corrected chi connectivity index (χ4v) is 9.53. The van der Waals surface area contributed by atoms with Crippen molar-refractivity contribution in [1.82, 2.24) is 9.97 Å². The van der Waals surface area contributed by atoms with Gasteiger partial charge in [-0.05, 0) is 144 Å². The molecule has 1 atom stereocenters. The van der Waals surface area contributed by atoms with Gasteiger partial charge in [-0.2, -0.15) is 0 Å². The highest BCUT2D eigenvalue weighted by Gasteiger charge is 2.28. The number of hydrogen-bond donors (Lipinski definition) is 0. The number of nitrogens with zero attached hydrogens (tertiary/aromatic N) is 4. The van der Waals surface area contributed by atoms with Crippen molar-refractivity contribution in [3.63, 3.8) is 0 Å². The van der Waals surface area contributed by atoms with Crippen molar-refractivity contribution in [1.29, 1.82) is 0 Å². The molecule has 12 rings (SSSR count). The minimum Gasteiger partial charge on any atom is -0.264 e. The van der Waals surface area contributed by atoms with Gasteiger partial charge in [-0.15, -0.1) is 0 Å². The number of benzene rings is 9. The number of hydrogen-bond acceptors (Lipinski definition) is 4. The molecule has 0 spiro atoms. The van der Waals surface area contributed by atoms with Gasteiger partial charge in [0.2, 0.25) is 0 Å². The fourth-order valence-electron chi connectivity index (χ4n) is 9.53. The summed E-state index contributed by atoms with van der Waals surface area (Å²) in [7, 11) is 0. The first kappa shape index (κ1) is 41.3. The van der Waals surface area contributed by atoms with E-state index in [2.05, 4.69) is 204 Å². The molecule has 0 N–H and O–H groups in total. The number of aromatic nitrogens is 2. The van der Waals surface area contributed by atoms with Crippen LogP contribution >= 0.6 is 0 Å². The largest absolute Gasteiger partial charge is 0.264 e. The molecule has 9 aromatic carbocycles. The van der Waals surface area contributed by atoms with E-state index in [-0.39, 0.29) is 0 Å². The van der Waals surface area contributed by atoms with E-state index in [1.807, 2.05) is 55.1 Å². The zero-order valence-electron chi connectivity index (χ0n) is 37.7. The van der Waals surface area contributed by atoms with E-state index < -0.39 is 6.04 Å². The molecule has 1 aliphatic rings. The fraction of sp³-hybridized carbons (Fsp3) is 0.0154. The van der Waals surface area contributed by atoms with Gasteiger partial charge in [0, 0.05) is 52.3 Å². The number of aliphatic imine (C=N–C) groups is 2. The highest BCUT2D eigenvalue weighted by atomic mass is 15.0. The Morgan fingerprint density at radius 2 is 0.681 bits per heavy atom. The molecular formula is C65H44N4. The number of rotatable bonds is 9. The minimum absolute atomic E-state index is 0.404. The highest BCUT2D eigenvalue weighted by molar-refractivity contribution is 6.22. The van der Waals surface area contributed by atoms with E-state index in [0.29, 0.717) is 5.84 Å². The van der Waals surface area contributed by atoms with Crippen LogP contribution in [0.2, 0.25) is 0 Å². The third kappa shape index (κ3) is 8.37. The molecule has 11 aromatic rings. The molecule has 2 aromatic heterocycles. The van der Waals surface area contributed by atoms with Crippen LogP contribution in [0.25, 0.3) is 88.3 Å². The quantitative estimate of drug-likeness (QED) is 0.145. The van der Waals surface area contributed by atoms with Gasteiger partial charge < -0.3 is 0 Å². The SMILES string of the molecule is C=C1C(c2cc(-c3ccc(-c4ccc5ccncc5c4)cc3)cc(-c3ccc(-c4ccc5ccncc5c4)cc3)c2)=NC(c2ccccc2)=NC1c1cc(-c2ccccc2)cc(-c2ccccc2)c1. The van der Waals surface area contributed by atoms with Crippen molar-refractivity contribution < 1.29 is 0 Å². The lowest BCUT2D eigenvalue weighted by Crippen LogP contribution is -2.20. The molecule has 0 bridgehead atoms. The molecular weight excluding hydrogens is 837 g/mol. The third-order valence-corrected chi connectivity index (χ3v) is 13.2. The molecule has 69 heavy (non-hydrogen) atoms. The second-order valence-corrected chi connectivity index (χ2v) is 17.6. The third-order valence-electron chi connectivity index (χ3n) is 13.2. The summed E-state index contributed by atoms with van der Waals surface area (Å²) in [6, 6.07) is 79.6.